The van der Waals surface area contributed by atoms with Gasteiger partial charge >= 0.3 is 0 Å². The van der Waals surface area contributed by atoms with Gasteiger partial charge in [0.25, 0.3) is 0 Å². The Morgan fingerprint density at radius 1 is 1.35 bits per heavy atom. The van der Waals surface area contributed by atoms with Crippen LogP contribution in [0.5, 0.6) is 0 Å². The first-order valence-electron chi connectivity index (χ1n) is 6.29. The monoisotopic (exact) mass is 329 g/mol. The van der Waals surface area contributed by atoms with Crippen LogP contribution in [0, 0.1) is 6.92 Å². The lowest BCUT2D eigenvalue weighted by atomic mass is 10.1. The van der Waals surface area contributed by atoms with Crippen molar-refractivity contribution in [2.75, 3.05) is 0 Å². The first-order chi connectivity index (χ1) is 9.38. The minimum Gasteiger partial charge on any atom is -0.328 e. The Hall–Kier alpha value is -0.680. The van der Waals surface area contributed by atoms with Crippen molar-refractivity contribution in [1.29, 1.82) is 0 Å². The molecule has 1 aromatic carbocycles. The molecule has 0 bridgehead atoms. The third-order valence-electron chi connectivity index (χ3n) is 2.92. The van der Waals surface area contributed by atoms with E-state index in [1.165, 1.54) is 5.56 Å². The molecule has 0 saturated heterocycles. The zero-order chi connectivity index (χ0) is 14.9. The van der Waals surface area contributed by atoms with E-state index < -0.39 is 0 Å². The average Bonchev–Trinajstić information content (AvgIpc) is 2.60. The molecule has 0 aliphatic carbocycles. The fourth-order valence-electron chi connectivity index (χ4n) is 2.02. The molecule has 0 saturated carbocycles. The smallest absolute Gasteiger partial charge is 0.102 e. The Kier molecular flexibility index (Phi) is 5.02. The normalized spacial score (nSPS) is 12.7. The van der Waals surface area contributed by atoms with Gasteiger partial charge in [-0.25, -0.2) is 0 Å². The third-order valence-corrected chi connectivity index (χ3v) is 4.85. The summed E-state index contributed by atoms with van der Waals surface area (Å²) in [5.41, 5.74) is 8.14. The molecule has 2 N–H and O–H groups in total. The highest BCUT2D eigenvalue weighted by Crippen LogP contribution is 2.35. The molecule has 6 heteroatoms. The van der Waals surface area contributed by atoms with Crippen LogP contribution in [0.15, 0.2) is 28.1 Å². The van der Waals surface area contributed by atoms with Crippen molar-refractivity contribution in [2.45, 2.75) is 36.2 Å². The summed E-state index contributed by atoms with van der Waals surface area (Å²) < 4.78 is 1.89. The van der Waals surface area contributed by atoms with Crippen LogP contribution in [0.25, 0.3) is 0 Å². The molecular formula is C14H17Cl2N3S. The van der Waals surface area contributed by atoms with E-state index in [2.05, 4.69) is 5.10 Å². The van der Waals surface area contributed by atoms with Crippen molar-refractivity contribution in [3.8, 4) is 0 Å². The van der Waals surface area contributed by atoms with Gasteiger partial charge in [0.05, 0.1) is 15.7 Å². The molecule has 1 heterocycles. The van der Waals surface area contributed by atoms with Crippen molar-refractivity contribution in [3.05, 3.63) is 39.5 Å². The van der Waals surface area contributed by atoms with E-state index in [-0.39, 0.29) is 6.04 Å². The Bertz CT molecular complexity index is 623. The van der Waals surface area contributed by atoms with Crippen LogP contribution >= 0.6 is 35.0 Å². The molecule has 1 aromatic heterocycles. The number of nitrogens with zero attached hydrogens (tertiary/aromatic N) is 2. The molecule has 2 rings (SSSR count). The second-order valence-corrected chi connectivity index (χ2v) is 6.73. The molecule has 1 atom stereocenters. The van der Waals surface area contributed by atoms with Crippen LogP contribution in [0.1, 0.15) is 18.2 Å². The number of hydrogen-bond acceptors (Lipinski definition) is 3. The van der Waals surface area contributed by atoms with Gasteiger partial charge in [-0.2, -0.15) is 5.10 Å². The molecule has 0 radical (unpaired) electrons. The molecule has 0 spiro atoms. The highest BCUT2D eigenvalue weighted by Gasteiger charge is 2.16. The summed E-state index contributed by atoms with van der Waals surface area (Å²) in [7, 11) is 1.94. The van der Waals surface area contributed by atoms with Crippen molar-refractivity contribution in [3.63, 3.8) is 0 Å². The number of aryl methyl sites for hydroxylation is 2. The number of nitrogens with two attached hydrogens (primary N) is 1. The SMILES string of the molecule is Cc1nn(C)c(Sc2ccc(Cl)c(Cl)c2)c1CC(C)N. The van der Waals surface area contributed by atoms with Crippen molar-refractivity contribution >= 4 is 35.0 Å². The van der Waals surface area contributed by atoms with Crippen molar-refractivity contribution < 1.29 is 0 Å². The van der Waals surface area contributed by atoms with Gasteiger partial charge in [0.1, 0.15) is 5.03 Å². The van der Waals surface area contributed by atoms with Gasteiger partial charge < -0.3 is 5.73 Å². The van der Waals surface area contributed by atoms with Crippen LogP contribution in [0.3, 0.4) is 0 Å². The fourth-order valence-corrected chi connectivity index (χ4v) is 3.44. The lowest BCUT2D eigenvalue weighted by Crippen LogP contribution is -2.18. The van der Waals surface area contributed by atoms with Gasteiger partial charge in [-0.1, -0.05) is 35.0 Å². The van der Waals surface area contributed by atoms with E-state index in [1.54, 1.807) is 17.8 Å². The maximum atomic E-state index is 6.06. The molecule has 0 aliphatic heterocycles. The molecule has 3 nitrogen and oxygen atoms in total. The van der Waals surface area contributed by atoms with E-state index in [1.807, 2.05) is 37.7 Å². The highest BCUT2D eigenvalue weighted by atomic mass is 35.5. The standard InChI is InChI=1S/C14H17Cl2N3S/c1-8(17)6-11-9(2)18-19(3)14(11)20-10-4-5-12(15)13(16)7-10/h4-5,7-8H,6,17H2,1-3H3. The molecule has 0 aliphatic rings. The van der Waals surface area contributed by atoms with E-state index in [9.17, 15) is 0 Å². The average molecular weight is 330 g/mol. The van der Waals surface area contributed by atoms with Crippen molar-refractivity contribution in [1.82, 2.24) is 9.78 Å². The zero-order valence-corrected chi connectivity index (χ0v) is 14.0. The lowest BCUT2D eigenvalue weighted by molar-refractivity contribution is 0.677. The van der Waals surface area contributed by atoms with Gasteiger partial charge in [-0.15, -0.1) is 0 Å². The Labute approximate surface area is 133 Å². The largest absolute Gasteiger partial charge is 0.328 e. The topological polar surface area (TPSA) is 43.8 Å². The predicted octanol–water partition coefficient (Wildman–Crippen LogP) is 4.08. The summed E-state index contributed by atoms with van der Waals surface area (Å²) >= 11 is 13.6. The minimum atomic E-state index is 0.103. The highest BCUT2D eigenvalue weighted by molar-refractivity contribution is 7.99. The van der Waals surface area contributed by atoms with Crippen LogP contribution in [0.2, 0.25) is 10.0 Å². The Morgan fingerprint density at radius 3 is 2.65 bits per heavy atom. The Morgan fingerprint density at radius 2 is 2.05 bits per heavy atom. The summed E-state index contributed by atoms with van der Waals surface area (Å²) in [6.07, 6.45) is 0.809. The van der Waals surface area contributed by atoms with E-state index in [0.717, 1.165) is 22.0 Å². The van der Waals surface area contributed by atoms with Crippen LogP contribution in [-0.4, -0.2) is 15.8 Å². The van der Waals surface area contributed by atoms with Crippen LogP contribution in [-0.2, 0) is 13.5 Å². The van der Waals surface area contributed by atoms with Gasteiger partial charge in [-0.05, 0) is 38.5 Å². The van der Waals surface area contributed by atoms with Gasteiger partial charge in [0.15, 0.2) is 0 Å². The Balaban J connectivity index is 2.34. The molecule has 20 heavy (non-hydrogen) atoms. The number of aromatic nitrogens is 2. The summed E-state index contributed by atoms with van der Waals surface area (Å²) in [4.78, 5) is 1.04. The van der Waals surface area contributed by atoms with Gasteiger partial charge in [-0.3, -0.25) is 4.68 Å². The maximum absolute atomic E-state index is 6.06. The predicted molar refractivity (Wildman–Crippen MR) is 85.9 cm³/mol. The summed E-state index contributed by atoms with van der Waals surface area (Å²) in [5, 5.41) is 6.70. The number of rotatable bonds is 4. The number of halogens is 2. The third kappa shape index (κ3) is 3.50. The molecule has 2 aromatic rings. The van der Waals surface area contributed by atoms with Crippen molar-refractivity contribution in [2.24, 2.45) is 12.8 Å². The second-order valence-electron chi connectivity index (χ2n) is 4.85. The quantitative estimate of drug-likeness (QED) is 0.919. The first kappa shape index (κ1) is 15.7. The molecule has 0 amide bonds. The lowest BCUT2D eigenvalue weighted by Gasteiger charge is -2.09. The van der Waals surface area contributed by atoms with Crippen LogP contribution < -0.4 is 5.73 Å². The molecule has 0 fully saturated rings. The number of benzene rings is 1. The minimum absolute atomic E-state index is 0.103. The maximum Gasteiger partial charge on any atom is 0.102 e. The van der Waals surface area contributed by atoms with Gasteiger partial charge in [0.2, 0.25) is 0 Å². The zero-order valence-electron chi connectivity index (χ0n) is 11.7. The second kappa shape index (κ2) is 6.39. The summed E-state index contributed by atoms with van der Waals surface area (Å²) in [6, 6.07) is 5.73. The fraction of sp³-hybridized carbons (Fsp3) is 0.357. The van der Waals surface area contributed by atoms with E-state index >= 15 is 0 Å². The molecule has 108 valence electrons. The summed E-state index contributed by atoms with van der Waals surface area (Å²) in [5.74, 6) is 0. The molecule has 1 unspecified atom stereocenters. The van der Waals surface area contributed by atoms with Crippen LogP contribution in [0.4, 0.5) is 0 Å². The molecular weight excluding hydrogens is 313 g/mol. The summed E-state index contributed by atoms with van der Waals surface area (Å²) in [6.45, 7) is 4.01. The van der Waals surface area contributed by atoms with Gasteiger partial charge in [0, 0.05) is 23.5 Å². The first-order valence-corrected chi connectivity index (χ1v) is 7.86. The van der Waals surface area contributed by atoms with E-state index in [0.29, 0.717) is 10.0 Å². The van der Waals surface area contributed by atoms with E-state index in [4.69, 9.17) is 28.9 Å². The number of hydrogen-bond donors (Lipinski definition) is 1.